The summed E-state index contributed by atoms with van der Waals surface area (Å²) in [7, 11) is 3.54. The molecule has 3 aromatic rings. The van der Waals surface area contributed by atoms with Gasteiger partial charge in [0.25, 0.3) is 0 Å². The minimum absolute atomic E-state index is 0.511. The fourth-order valence-electron chi connectivity index (χ4n) is 3.78. The number of likely N-dealkylation sites (tertiary alicyclic amines) is 1. The van der Waals surface area contributed by atoms with Crippen molar-refractivity contribution in [1.29, 1.82) is 0 Å². The lowest BCUT2D eigenvalue weighted by atomic mass is 9.98. The number of rotatable bonds is 5. The minimum Gasteiger partial charge on any atom is -0.497 e. The van der Waals surface area contributed by atoms with Crippen molar-refractivity contribution in [3.8, 4) is 11.4 Å². The number of aromatic nitrogens is 2. The van der Waals surface area contributed by atoms with Gasteiger partial charge in [0.1, 0.15) is 5.75 Å². The lowest BCUT2D eigenvalue weighted by Crippen LogP contribution is -2.39. The van der Waals surface area contributed by atoms with Gasteiger partial charge in [-0.2, -0.15) is 5.10 Å². The van der Waals surface area contributed by atoms with Crippen LogP contribution in [0.4, 0.5) is 0 Å². The summed E-state index contributed by atoms with van der Waals surface area (Å²) in [6.07, 6.45) is 3.11. The summed E-state index contributed by atoms with van der Waals surface area (Å²) in [5.74, 6) is 2.34. The van der Waals surface area contributed by atoms with Crippen LogP contribution in [-0.2, 0) is 6.54 Å². The zero-order chi connectivity index (χ0) is 20.1. The Morgan fingerprint density at radius 2 is 1.93 bits per heavy atom. The van der Waals surface area contributed by atoms with Crippen LogP contribution in [-0.4, -0.2) is 47.9 Å². The van der Waals surface area contributed by atoms with E-state index in [0.29, 0.717) is 12.5 Å². The molecule has 4 rings (SSSR count). The highest BCUT2D eigenvalue weighted by molar-refractivity contribution is 5.80. The van der Waals surface area contributed by atoms with Gasteiger partial charge in [0.15, 0.2) is 5.96 Å². The van der Waals surface area contributed by atoms with Gasteiger partial charge in [-0.25, -0.2) is 4.68 Å². The number of para-hydroxylation sites is 1. The highest BCUT2D eigenvalue weighted by Gasteiger charge is 2.26. The SMILES string of the molecule is CN=C(NCc1ccn(-c2ccccc2)n1)N1CCC(c2ccc(OC)cc2)C1. The van der Waals surface area contributed by atoms with Gasteiger partial charge in [0, 0.05) is 32.3 Å². The molecule has 0 bridgehead atoms. The summed E-state index contributed by atoms with van der Waals surface area (Å²) in [4.78, 5) is 6.80. The van der Waals surface area contributed by atoms with Crippen molar-refractivity contribution < 1.29 is 4.74 Å². The lowest BCUT2D eigenvalue weighted by molar-refractivity contribution is 0.414. The number of ether oxygens (including phenoxy) is 1. The first-order valence-electron chi connectivity index (χ1n) is 9.96. The van der Waals surface area contributed by atoms with Gasteiger partial charge in [-0.05, 0) is 42.3 Å². The second-order valence-electron chi connectivity index (χ2n) is 7.19. The molecule has 1 unspecified atom stereocenters. The third-order valence-electron chi connectivity index (χ3n) is 5.38. The van der Waals surface area contributed by atoms with E-state index in [0.717, 1.165) is 42.6 Å². The number of benzene rings is 2. The molecule has 0 spiro atoms. The first-order chi connectivity index (χ1) is 14.3. The van der Waals surface area contributed by atoms with Crippen molar-refractivity contribution in [3.63, 3.8) is 0 Å². The molecule has 150 valence electrons. The largest absolute Gasteiger partial charge is 0.497 e. The number of hydrogen-bond donors (Lipinski definition) is 1. The Hall–Kier alpha value is -3.28. The Kier molecular flexibility index (Phi) is 5.79. The number of methoxy groups -OCH3 is 1. The fourth-order valence-corrected chi connectivity index (χ4v) is 3.78. The molecular weight excluding hydrogens is 362 g/mol. The minimum atomic E-state index is 0.511. The fraction of sp³-hybridized carbons (Fsp3) is 0.304. The van der Waals surface area contributed by atoms with Gasteiger partial charge < -0.3 is 15.0 Å². The van der Waals surface area contributed by atoms with Gasteiger partial charge in [-0.15, -0.1) is 0 Å². The van der Waals surface area contributed by atoms with E-state index in [9.17, 15) is 0 Å². The van der Waals surface area contributed by atoms with Crippen LogP contribution in [0.25, 0.3) is 5.69 Å². The molecule has 0 amide bonds. The summed E-state index contributed by atoms with van der Waals surface area (Å²) in [6, 6.07) is 20.6. The van der Waals surface area contributed by atoms with Crippen LogP contribution in [0.3, 0.4) is 0 Å². The van der Waals surface area contributed by atoms with Crippen molar-refractivity contribution in [2.24, 2.45) is 4.99 Å². The Morgan fingerprint density at radius 1 is 1.14 bits per heavy atom. The Bertz CT molecular complexity index is 949. The molecule has 0 aliphatic carbocycles. The van der Waals surface area contributed by atoms with Crippen molar-refractivity contribution >= 4 is 5.96 Å². The van der Waals surface area contributed by atoms with E-state index in [4.69, 9.17) is 4.74 Å². The quantitative estimate of drug-likeness (QED) is 0.536. The smallest absolute Gasteiger partial charge is 0.193 e. The summed E-state index contributed by atoms with van der Waals surface area (Å²) in [5.41, 5.74) is 3.40. The topological polar surface area (TPSA) is 54.7 Å². The summed E-state index contributed by atoms with van der Waals surface area (Å²) < 4.78 is 7.16. The number of hydrogen-bond acceptors (Lipinski definition) is 3. The average Bonchev–Trinajstić information content (AvgIpc) is 3.45. The predicted octanol–water partition coefficient (Wildman–Crippen LogP) is 3.45. The van der Waals surface area contributed by atoms with Crippen molar-refractivity contribution in [3.05, 3.63) is 78.1 Å². The van der Waals surface area contributed by atoms with Crippen LogP contribution < -0.4 is 10.1 Å². The summed E-state index contributed by atoms with van der Waals surface area (Å²) in [5, 5.41) is 8.12. The molecule has 1 aliphatic heterocycles. The Balaban J connectivity index is 1.34. The van der Waals surface area contributed by atoms with E-state index in [1.54, 1.807) is 7.11 Å². The zero-order valence-corrected chi connectivity index (χ0v) is 17.0. The molecule has 6 heteroatoms. The summed E-state index contributed by atoms with van der Waals surface area (Å²) >= 11 is 0. The number of aliphatic imine (C=N–C) groups is 1. The lowest BCUT2D eigenvalue weighted by Gasteiger charge is -2.21. The van der Waals surface area contributed by atoms with Gasteiger partial charge in [0.05, 0.1) is 25.0 Å². The molecule has 1 aliphatic rings. The maximum absolute atomic E-state index is 5.27. The first-order valence-corrected chi connectivity index (χ1v) is 9.96. The highest BCUT2D eigenvalue weighted by Crippen LogP contribution is 2.28. The third-order valence-corrected chi connectivity index (χ3v) is 5.38. The molecule has 0 saturated carbocycles. The normalized spacial score (nSPS) is 16.8. The van der Waals surface area contributed by atoms with Crippen molar-refractivity contribution in [1.82, 2.24) is 20.0 Å². The third kappa shape index (κ3) is 4.42. The molecule has 1 saturated heterocycles. The van der Waals surface area contributed by atoms with Gasteiger partial charge >= 0.3 is 0 Å². The zero-order valence-electron chi connectivity index (χ0n) is 17.0. The molecular formula is C23H27N5O. The average molecular weight is 390 g/mol. The predicted molar refractivity (Wildman–Crippen MR) is 116 cm³/mol. The van der Waals surface area contributed by atoms with Crippen molar-refractivity contribution in [2.45, 2.75) is 18.9 Å². The van der Waals surface area contributed by atoms with Crippen LogP contribution in [0.2, 0.25) is 0 Å². The van der Waals surface area contributed by atoms with E-state index in [-0.39, 0.29) is 0 Å². The summed E-state index contributed by atoms with van der Waals surface area (Å²) in [6.45, 7) is 2.61. The van der Waals surface area contributed by atoms with Crippen molar-refractivity contribution in [2.75, 3.05) is 27.2 Å². The van der Waals surface area contributed by atoms with Gasteiger partial charge in [-0.1, -0.05) is 30.3 Å². The van der Waals surface area contributed by atoms with Crippen LogP contribution in [0.5, 0.6) is 5.75 Å². The van der Waals surface area contributed by atoms with Crippen LogP contribution in [0, 0.1) is 0 Å². The molecule has 1 atom stereocenters. The number of nitrogens with zero attached hydrogens (tertiary/aromatic N) is 4. The monoisotopic (exact) mass is 389 g/mol. The molecule has 0 radical (unpaired) electrons. The molecule has 6 nitrogen and oxygen atoms in total. The van der Waals surface area contributed by atoms with Crippen LogP contribution >= 0.6 is 0 Å². The Morgan fingerprint density at radius 3 is 2.66 bits per heavy atom. The molecule has 1 aromatic heterocycles. The van der Waals surface area contributed by atoms with Crippen LogP contribution in [0.15, 0.2) is 71.9 Å². The van der Waals surface area contributed by atoms with E-state index in [1.165, 1.54) is 5.56 Å². The maximum atomic E-state index is 5.27. The molecule has 1 fully saturated rings. The van der Waals surface area contributed by atoms with E-state index >= 15 is 0 Å². The van der Waals surface area contributed by atoms with Gasteiger partial charge in [0.2, 0.25) is 0 Å². The second-order valence-corrected chi connectivity index (χ2v) is 7.19. The molecule has 29 heavy (non-hydrogen) atoms. The standard InChI is InChI=1S/C23H27N5O/c1-24-23(25-16-20-13-15-28(26-20)21-6-4-3-5-7-21)27-14-12-19(17-27)18-8-10-22(29-2)11-9-18/h3-11,13,15,19H,12,14,16-17H2,1-2H3,(H,24,25). The van der Waals surface area contributed by atoms with E-state index in [2.05, 4.69) is 32.4 Å². The second kappa shape index (κ2) is 8.82. The first kappa shape index (κ1) is 19.1. The number of nitrogens with one attached hydrogen (secondary N) is 1. The van der Waals surface area contributed by atoms with E-state index < -0.39 is 0 Å². The van der Waals surface area contributed by atoms with Gasteiger partial charge in [-0.3, -0.25) is 4.99 Å². The number of guanidine groups is 1. The van der Waals surface area contributed by atoms with Crippen LogP contribution in [0.1, 0.15) is 23.6 Å². The highest BCUT2D eigenvalue weighted by atomic mass is 16.5. The molecule has 2 aromatic carbocycles. The molecule has 2 heterocycles. The Labute approximate surface area is 171 Å². The van der Waals surface area contributed by atoms with E-state index in [1.807, 2.05) is 66.5 Å². The molecule has 1 N–H and O–H groups in total. The maximum Gasteiger partial charge on any atom is 0.193 e.